The number of aliphatic hydroxyl groups excluding tert-OH is 1. The molecule has 17 atom stereocenters. The molecule has 73 heavy (non-hydrogen) atoms. The average Bonchev–Trinajstić information content (AvgIpc) is 4.18. The van der Waals surface area contributed by atoms with Gasteiger partial charge in [0.2, 0.25) is 0 Å². The molecule has 0 aromatic carbocycles. The summed E-state index contributed by atoms with van der Waals surface area (Å²) >= 11 is 0. The second kappa shape index (κ2) is 29.0. The molecule has 6 rings (SSSR count). The van der Waals surface area contributed by atoms with Crippen LogP contribution in [0.25, 0.3) is 0 Å². The minimum atomic E-state index is -2.00. The molecule has 0 spiro atoms. The Kier molecular flexibility index (Phi) is 24.5. The summed E-state index contributed by atoms with van der Waals surface area (Å²) < 4.78 is 75.3. The summed E-state index contributed by atoms with van der Waals surface area (Å²) in [5.41, 5.74) is 2.31. The number of methoxy groups -OCH3 is 1. The Morgan fingerprint density at radius 3 is 2.00 bits per heavy atom. The first-order valence-corrected chi connectivity index (χ1v) is 37.4. The van der Waals surface area contributed by atoms with Crippen molar-refractivity contribution in [3.8, 4) is 0 Å². The first-order chi connectivity index (χ1) is 35.2. The quantitative estimate of drug-likeness (QED) is 0.0382. The zero-order chi connectivity index (χ0) is 52.9. The molecule has 422 valence electrons. The standard InChI is InChI=1S/C58H106O12Si3/c1-15-26-48-55(70-73(22-8,23-9)24-10)56(58-57(67-48)54-49(68-58)31-34-62-54)61-33-25-27-43-36-41(12)47(64-43)29-28-44-35-40(11)42(13)50(65-44)38-51-46(30-32-59)53(60-14)52(66-51)37-45(69-72(19-5,20-6)21-7)39-63-71(16-2,17-3)18-4/h15,40,43-59H,1,12-13,16-39H2,2-11,14H3/t40?,43?,44?,45?,46?,47?,48?,49-,50?,51+,52?,53-,54?,55?,56?,57+,58?/m1/s1. The van der Waals surface area contributed by atoms with Gasteiger partial charge in [0.15, 0.2) is 25.0 Å². The number of hydrogen-bond acceptors (Lipinski definition) is 12. The Morgan fingerprint density at radius 2 is 1.37 bits per heavy atom. The van der Waals surface area contributed by atoms with Crippen LogP contribution in [0.1, 0.15) is 140 Å². The van der Waals surface area contributed by atoms with Crippen LogP contribution < -0.4 is 0 Å². The summed E-state index contributed by atoms with van der Waals surface area (Å²) in [7, 11) is -3.99. The van der Waals surface area contributed by atoms with Gasteiger partial charge in [-0.3, -0.25) is 0 Å². The third kappa shape index (κ3) is 14.8. The highest BCUT2D eigenvalue weighted by Crippen LogP contribution is 2.45. The van der Waals surface area contributed by atoms with Gasteiger partial charge in [-0.1, -0.05) is 88.5 Å². The van der Waals surface area contributed by atoms with E-state index in [9.17, 15) is 5.11 Å². The normalized spacial score (nSPS) is 35.5. The Morgan fingerprint density at radius 1 is 0.699 bits per heavy atom. The monoisotopic (exact) mass is 1080 g/mol. The van der Waals surface area contributed by atoms with Gasteiger partial charge in [0.25, 0.3) is 0 Å². The van der Waals surface area contributed by atoms with E-state index in [4.69, 9.17) is 51.2 Å². The summed E-state index contributed by atoms with van der Waals surface area (Å²) in [5.74, 6) is 0.343. The second-order valence-corrected chi connectivity index (χ2v) is 37.2. The molecule has 1 N–H and O–H groups in total. The maximum atomic E-state index is 10.4. The molecule has 13 unspecified atom stereocenters. The van der Waals surface area contributed by atoms with Crippen molar-refractivity contribution < 1.29 is 56.3 Å². The van der Waals surface area contributed by atoms with Crippen LogP contribution in [0.2, 0.25) is 54.4 Å². The van der Waals surface area contributed by atoms with Gasteiger partial charge in [-0.2, -0.15) is 0 Å². The molecule has 6 heterocycles. The highest BCUT2D eigenvalue weighted by molar-refractivity contribution is 6.74. The van der Waals surface area contributed by atoms with E-state index in [1.165, 1.54) is 5.57 Å². The molecular weight excluding hydrogens is 973 g/mol. The van der Waals surface area contributed by atoms with Gasteiger partial charge in [-0.25, -0.2) is 0 Å². The van der Waals surface area contributed by atoms with Crippen molar-refractivity contribution >= 4 is 25.0 Å². The molecule has 0 aromatic rings. The summed E-state index contributed by atoms with van der Waals surface area (Å²) in [4.78, 5) is 0. The first kappa shape index (κ1) is 61.6. The van der Waals surface area contributed by atoms with Crippen LogP contribution in [0.15, 0.2) is 37.0 Å². The third-order valence-corrected chi connectivity index (χ3v) is 33.3. The topological polar surface area (TPSA) is 122 Å². The number of ether oxygens (including phenoxy) is 8. The van der Waals surface area contributed by atoms with Crippen molar-refractivity contribution in [3.63, 3.8) is 0 Å². The molecule has 0 aliphatic carbocycles. The van der Waals surface area contributed by atoms with Crippen molar-refractivity contribution in [2.75, 3.05) is 33.5 Å². The van der Waals surface area contributed by atoms with Crippen LogP contribution in [0.4, 0.5) is 0 Å². The summed E-state index contributed by atoms with van der Waals surface area (Å²) in [6.45, 7) is 38.1. The highest BCUT2D eigenvalue weighted by atomic mass is 28.4. The largest absolute Gasteiger partial charge is 0.414 e. The van der Waals surface area contributed by atoms with Crippen molar-refractivity contribution in [1.29, 1.82) is 0 Å². The lowest BCUT2D eigenvalue weighted by molar-refractivity contribution is -0.229. The fourth-order valence-corrected chi connectivity index (χ4v) is 22.1. The van der Waals surface area contributed by atoms with E-state index >= 15 is 0 Å². The molecule has 6 aliphatic heterocycles. The highest BCUT2D eigenvalue weighted by Gasteiger charge is 2.59. The van der Waals surface area contributed by atoms with Gasteiger partial charge in [0.05, 0.1) is 67.6 Å². The lowest BCUT2D eigenvalue weighted by Crippen LogP contribution is -2.62. The zero-order valence-corrected chi connectivity index (χ0v) is 50.9. The molecule has 0 bridgehead atoms. The van der Waals surface area contributed by atoms with E-state index in [0.29, 0.717) is 51.4 Å². The molecular formula is C58H106O12Si3. The SMILES string of the molecule is C=CCC1O[C@@H]2C(O[C@@H]3CCOC23)C(OCCCC2CC(=C)C(CCC3CC(C)C(=C)C(C[C@@H]4OC(CC(CO[Si](CC)(CC)CC)O[Si](CC)(CC)CC)[C@H](OC)C4CCO)O3)O2)C1O[Si](CC)(CC)CC. The minimum absolute atomic E-state index is 0.00722. The van der Waals surface area contributed by atoms with Crippen molar-refractivity contribution in [2.45, 2.75) is 286 Å². The Balaban J connectivity index is 1.04. The van der Waals surface area contributed by atoms with Crippen LogP contribution in [0.3, 0.4) is 0 Å². The maximum Gasteiger partial charge on any atom is 0.192 e. The zero-order valence-electron chi connectivity index (χ0n) is 47.9. The van der Waals surface area contributed by atoms with E-state index < -0.39 is 25.0 Å². The van der Waals surface area contributed by atoms with Crippen molar-refractivity contribution in [3.05, 3.63) is 37.0 Å². The van der Waals surface area contributed by atoms with E-state index in [-0.39, 0.29) is 104 Å². The van der Waals surface area contributed by atoms with Crippen LogP contribution in [0, 0.1) is 11.8 Å². The Hall–Kier alpha value is -0.609. The molecule has 0 amide bonds. The van der Waals surface area contributed by atoms with Gasteiger partial charge in [0, 0.05) is 45.7 Å². The molecule has 0 saturated carbocycles. The third-order valence-electron chi connectivity index (χ3n) is 19.3. The molecule has 0 aromatic heterocycles. The molecule has 6 saturated heterocycles. The van der Waals surface area contributed by atoms with Gasteiger partial charge < -0.3 is 56.3 Å². The summed E-state index contributed by atoms with van der Waals surface area (Å²) in [5, 5.41) is 10.4. The Labute approximate surface area is 447 Å². The first-order valence-electron chi connectivity index (χ1n) is 29.8. The second-order valence-electron chi connectivity index (χ2n) is 23.0. The van der Waals surface area contributed by atoms with Gasteiger partial charge in [0.1, 0.15) is 30.5 Å². The van der Waals surface area contributed by atoms with Crippen LogP contribution >= 0.6 is 0 Å². The Bertz CT molecular complexity index is 1650. The molecule has 15 heteroatoms. The number of rotatable bonds is 33. The summed E-state index contributed by atoms with van der Waals surface area (Å²) in [6.07, 6.45) is 9.39. The molecule has 0 radical (unpaired) electrons. The minimum Gasteiger partial charge on any atom is -0.414 e. The van der Waals surface area contributed by atoms with Crippen LogP contribution in [-0.4, -0.2) is 155 Å². The lowest BCUT2D eigenvalue weighted by atomic mass is 9.82. The summed E-state index contributed by atoms with van der Waals surface area (Å²) in [6, 6.07) is 9.74. The lowest BCUT2D eigenvalue weighted by Gasteiger charge is -2.47. The predicted molar refractivity (Wildman–Crippen MR) is 300 cm³/mol. The molecule has 6 fully saturated rings. The fraction of sp³-hybridized carbons (Fsp3) is 0.897. The van der Waals surface area contributed by atoms with E-state index in [1.807, 2.05) is 6.08 Å². The van der Waals surface area contributed by atoms with Gasteiger partial charge in [-0.05, 0) is 129 Å². The number of aliphatic hydroxyl groups is 1. The number of fused-ring (bicyclic) bond motifs is 3. The van der Waals surface area contributed by atoms with Crippen LogP contribution in [-0.2, 0) is 51.2 Å². The molecule has 12 nitrogen and oxygen atoms in total. The van der Waals surface area contributed by atoms with E-state index in [0.717, 1.165) is 105 Å². The van der Waals surface area contributed by atoms with Crippen molar-refractivity contribution in [2.24, 2.45) is 11.8 Å². The smallest absolute Gasteiger partial charge is 0.192 e. The van der Waals surface area contributed by atoms with Crippen LogP contribution in [0.5, 0.6) is 0 Å². The fourth-order valence-electron chi connectivity index (χ4n) is 13.8. The van der Waals surface area contributed by atoms with Gasteiger partial charge >= 0.3 is 0 Å². The average molecular weight is 1080 g/mol. The number of hydrogen-bond donors (Lipinski definition) is 1. The predicted octanol–water partition coefficient (Wildman–Crippen LogP) is 12.3. The maximum absolute atomic E-state index is 10.4. The molecule has 6 aliphatic rings. The van der Waals surface area contributed by atoms with E-state index in [2.05, 4.69) is 89.0 Å². The van der Waals surface area contributed by atoms with E-state index in [1.54, 1.807) is 7.11 Å². The van der Waals surface area contributed by atoms with Crippen molar-refractivity contribution in [1.82, 2.24) is 0 Å². The van der Waals surface area contributed by atoms with Gasteiger partial charge in [-0.15, -0.1) is 6.58 Å².